The van der Waals surface area contributed by atoms with Crippen LogP contribution in [0.3, 0.4) is 0 Å². The molecule has 3 aromatic rings. The number of nitrogen functional groups attached to an aromatic ring is 1. The van der Waals surface area contributed by atoms with Crippen LogP contribution in [0.4, 0.5) is 5.95 Å². The maximum absolute atomic E-state index is 9.05. The topological polar surface area (TPSA) is 113 Å². The normalized spacial score (nSPS) is 10.6. The zero-order chi connectivity index (χ0) is 14.1. The van der Waals surface area contributed by atoms with Crippen LogP contribution in [0.15, 0.2) is 30.3 Å². The Hall–Kier alpha value is -2.98. The number of nitrogens with two attached hydrogens (primary N) is 1. The third-order valence-electron chi connectivity index (χ3n) is 2.82. The van der Waals surface area contributed by atoms with Gasteiger partial charge in [-0.1, -0.05) is 12.1 Å². The minimum atomic E-state index is -0.264. The van der Waals surface area contributed by atoms with Crippen LogP contribution >= 0.6 is 0 Å². The molecule has 2 heterocycles. The number of aliphatic hydroxyl groups is 1. The molecule has 0 saturated heterocycles. The number of nitrogens with zero attached hydrogens (tertiary/aromatic N) is 5. The van der Waals surface area contributed by atoms with Crippen molar-refractivity contribution in [2.75, 3.05) is 5.73 Å². The summed E-state index contributed by atoms with van der Waals surface area (Å²) in [5.41, 5.74) is 8.25. The molecule has 0 amide bonds. The van der Waals surface area contributed by atoms with E-state index >= 15 is 0 Å². The molecule has 98 valence electrons. The average Bonchev–Trinajstić information content (AvgIpc) is 2.91. The molecular formula is C13H10N6O. The molecule has 7 nitrogen and oxygen atoms in total. The first-order valence-corrected chi connectivity index (χ1v) is 5.85. The molecule has 0 spiro atoms. The number of hydrogen-bond acceptors (Lipinski definition) is 6. The van der Waals surface area contributed by atoms with Crippen LogP contribution < -0.4 is 5.73 Å². The number of fused-ring (bicyclic) bond motifs is 1. The first kappa shape index (κ1) is 12.1. The Labute approximate surface area is 113 Å². The van der Waals surface area contributed by atoms with Gasteiger partial charge in [-0.15, -0.1) is 5.10 Å². The summed E-state index contributed by atoms with van der Waals surface area (Å²) < 4.78 is 1.36. The van der Waals surface area contributed by atoms with Crippen molar-refractivity contribution < 1.29 is 5.11 Å². The van der Waals surface area contributed by atoms with Crippen molar-refractivity contribution in [1.82, 2.24) is 19.6 Å². The van der Waals surface area contributed by atoms with E-state index in [0.717, 1.165) is 5.56 Å². The molecule has 7 heteroatoms. The fraction of sp³-hybridized carbons (Fsp3) is 0.0769. The van der Waals surface area contributed by atoms with E-state index in [4.69, 9.17) is 16.1 Å². The van der Waals surface area contributed by atoms with Gasteiger partial charge < -0.3 is 10.8 Å². The highest BCUT2D eigenvalue weighted by Crippen LogP contribution is 2.21. The van der Waals surface area contributed by atoms with Crippen LogP contribution in [0.1, 0.15) is 11.4 Å². The summed E-state index contributed by atoms with van der Waals surface area (Å²) in [5, 5.41) is 22.0. The van der Waals surface area contributed by atoms with E-state index in [1.54, 1.807) is 24.3 Å². The predicted octanol–water partition coefficient (Wildman–Crippen LogP) is 0.737. The number of nitriles is 1. The molecule has 0 atom stereocenters. The molecule has 0 fully saturated rings. The Kier molecular flexibility index (Phi) is 2.78. The van der Waals surface area contributed by atoms with Gasteiger partial charge in [-0.2, -0.15) is 9.78 Å². The van der Waals surface area contributed by atoms with Crippen LogP contribution in [-0.2, 0) is 6.61 Å². The largest absolute Gasteiger partial charge is 0.388 e. The lowest BCUT2D eigenvalue weighted by molar-refractivity contribution is 0.271. The molecule has 3 N–H and O–H groups in total. The molecule has 0 radical (unpaired) electrons. The molecule has 3 rings (SSSR count). The molecule has 0 unspecified atom stereocenters. The Balaban J connectivity index is 2.19. The van der Waals surface area contributed by atoms with Crippen LogP contribution in [0, 0.1) is 11.3 Å². The number of rotatable bonds is 2. The standard InChI is InChI=1S/C13H10N6O/c14-6-8-2-1-3-9(4-8)10-5-12-17-11(7-20)18-19(12)13(15)16-10/h1-5,20H,7H2,(H2,15,16). The second kappa shape index (κ2) is 4.60. The van der Waals surface area contributed by atoms with Crippen molar-refractivity contribution in [1.29, 1.82) is 5.26 Å². The molecule has 0 bridgehead atoms. The maximum atomic E-state index is 9.05. The van der Waals surface area contributed by atoms with Crippen LogP contribution in [-0.4, -0.2) is 24.7 Å². The fourth-order valence-electron chi connectivity index (χ4n) is 1.92. The monoisotopic (exact) mass is 266 g/mol. The Bertz CT molecular complexity index is 832. The number of aromatic nitrogens is 4. The smallest absolute Gasteiger partial charge is 0.223 e. The van der Waals surface area contributed by atoms with E-state index < -0.39 is 0 Å². The van der Waals surface area contributed by atoms with Gasteiger partial charge in [0.1, 0.15) is 6.61 Å². The quantitative estimate of drug-likeness (QED) is 0.707. The van der Waals surface area contributed by atoms with Crippen LogP contribution in [0.25, 0.3) is 16.9 Å². The second-order valence-electron chi connectivity index (χ2n) is 4.15. The lowest BCUT2D eigenvalue weighted by Crippen LogP contribution is -2.03. The second-order valence-corrected chi connectivity index (χ2v) is 4.15. The molecule has 20 heavy (non-hydrogen) atoms. The zero-order valence-electron chi connectivity index (χ0n) is 10.4. The highest BCUT2D eigenvalue weighted by atomic mass is 16.3. The average molecular weight is 266 g/mol. The molecule has 1 aromatic carbocycles. The summed E-state index contributed by atoms with van der Waals surface area (Å²) in [6, 6.07) is 10.8. The lowest BCUT2D eigenvalue weighted by Gasteiger charge is -2.03. The minimum absolute atomic E-state index is 0.173. The minimum Gasteiger partial charge on any atom is -0.388 e. The summed E-state index contributed by atoms with van der Waals surface area (Å²) in [5.74, 6) is 0.452. The van der Waals surface area contributed by atoms with E-state index in [2.05, 4.69) is 21.1 Å². The van der Waals surface area contributed by atoms with E-state index in [9.17, 15) is 0 Å². The van der Waals surface area contributed by atoms with E-state index in [-0.39, 0.29) is 18.4 Å². The van der Waals surface area contributed by atoms with Gasteiger partial charge in [-0.3, -0.25) is 0 Å². The van der Waals surface area contributed by atoms with Crippen molar-refractivity contribution in [3.8, 4) is 17.3 Å². The predicted molar refractivity (Wildman–Crippen MR) is 71.3 cm³/mol. The van der Waals surface area contributed by atoms with Crippen molar-refractivity contribution in [2.45, 2.75) is 6.61 Å². The summed E-state index contributed by atoms with van der Waals surface area (Å²) in [6.45, 7) is -0.264. The highest BCUT2D eigenvalue weighted by molar-refractivity contribution is 5.66. The van der Waals surface area contributed by atoms with Gasteiger partial charge in [0, 0.05) is 11.6 Å². The summed E-state index contributed by atoms with van der Waals surface area (Å²) in [6.07, 6.45) is 0. The molecule has 0 aliphatic rings. The van der Waals surface area contributed by atoms with Gasteiger partial charge in [0.25, 0.3) is 0 Å². The Morgan fingerprint density at radius 2 is 2.15 bits per heavy atom. The van der Waals surface area contributed by atoms with Crippen molar-refractivity contribution in [3.63, 3.8) is 0 Å². The number of hydrogen-bond donors (Lipinski definition) is 2. The van der Waals surface area contributed by atoms with Crippen LogP contribution in [0.5, 0.6) is 0 Å². The van der Waals surface area contributed by atoms with E-state index in [1.807, 2.05) is 6.07 Å². The lowest BCUT2D eigenvalue weighted by atomic mass is 10.1. The van der Waals surface area contributed by atoms with Crippen LogP contribution in [0.2, 0.25) is 0 Å². The number of anilines is 1. The molecular weight excluding hydrogens is 256 g/mol. The van der Waals surface area contributed by atoms with E-state index in [1.165, 1.54) is 4.52 Å². The van der Waals surface area contributed by atoms with Gasteiger partial charge in [0.05, 0.1) is 17.3 Å². The maximum Gasteiger partial charge on any atom is 0.223 e. The summed E-state index contributed by atoms with van der Waals surface area (Å²) >= 11 is 0. The first-order chi connectivity index (χ1) is 9.71. The first-order valence-electron chi connectivity index (χ1n) is 5.85. The van der Waals surface area contributed by atoms with Gasteiger partial charge in [0.2, 0.25) is 5.95 Å². The fourth-order valence-corrected chi connectivity index (χ4v) is 1.92. The van der Waals surface area contributed by atoms with E-state index in [0.29, 0.717) is 16.9 Å². The summed E-state index contributed by atoms with van der Waals surface area (Å²) in [4.78, 5) is 8.38. The van der Waals surface area contributed by atoms with Gasteiger partial charge in [-0.05, 0) is 12.1 Å². The molecule has 0 aliphatic heterocycles. The molecule has 2 aromatic heterocycles. The Morgan fingerprint density at radius 3 is 2.90 bits per heavy atom. The van der Waals surface area contributed by atoms with Crippen molar-refractivity contribution in [3.05, 3.63) is 41.7 Å². The van der Waals surface area contributed by atoms with Gasteiger partial charge in [0.15, 0.2) is 11.5 Å². The zero-order valence-corrected chi connectivity index (χ0v) is 10.4. The number of benzene rings is 1. The third-order valence-corrected chi connectivity index (χ3v) is 2.82. The van der Waals surface area contributed by atoms with Crippen molar-refractivity contribution >= 4 is 11.6 Å². The molecule has 0 saturated carbocycles. The SMILES string of the molecule is N#Cc1cccc(-c2cc3nc(CO)nn3c(N)n2)c1. The third kappa shape index (κ3) is 1.94. The van der Waals surface area contributed by atoms with Gasteiger partial charge in [-0.25, -0.2) is 9.97 Å². The summed E-state index contributed by atoms with van der Waals surface area (Å²) in [7, 11) is 0. The highest BCUT2D eigenvalue weighted by Gasteiger charge is 2.10. The molecule has 0 aliphatic carbocycles. The number of aliphatic hydroxyl groups excluding tert-OH is 1. The Morgan fingerprint density at radius 1 is 1.30 bits per heavy atom. The van der Waals surface area contributed by atoms with Crippen molar-refractivity contribution in [2.24, 2.45) is 0 Å². The van der Waals surface area contributed by atoms with Gasteiger partial charge >= 0.3 is 0 Å².